The van der Waals surface area contributed by atoms with Crippen LogP contribution in [-0.4, -0.2) is 48.0 Å². The Hall–Kier alpha value is 0.230. The van der Waals surface area contributed by atoms with Crippen molar-refractivity contribution in [1.29, 1.82) is 0 Å². The third-order valence-electron chi connectivity index (χ3n) is 4.10. The molecule has 3 nitrogen and oxygen atoms in total. The second kappa shape index (κ2) is 7.73. The molecule has 0 aromatic heterocycles. The molecule has 4 heteroatoms. The van der Waals surface area contributed by atoms with Crippen molar-refractivity contribution in [2.75, 3.05) is 31.2 Å². The number of hydrogen-bond acceptors (Lipinski definition) is 4. The molecule has 1 atom stereocenters. The average molecular weight is 273 g/mol. The van der Waals surface area contributed by atoms with Crippen LogP contribution in [0.3, 0.4) is 0 Å². The zero-order chi connectivity index (χ0) is 12.7. The zero-order valence-electron chi connectivity index (χ0n) is 11.3. The van der Waals surface area contributed by atoms with Crippen LogP contribution in [0, 0.1) is 0 Å². The predicted octanol–water partition coefficient (Wildman–Crippen LogP) is 2.18. The van der Waals surface area contributed by atoms with E-state index < -0.39 is 0 Å². The first-order chi connectivity index (χ1) is 8.85. The highest BCUT2D eigenvalue weighted by molar-refractivity contribution is 7.99. The van der Waals surface area contributed by atoms with Crippen LogP contribution in [0.2, 0.25) is 0 Å². The maximum absolute atomic E-state index is 8.67. The summed E-state index contributed by atoms with van der Waals surface area (Å²) in [4.78, 5) is 0. The second-order valence-electron chi connectivity index (χ2n) is 5.56. The Bertz CT molecular complexity index is 232. The molecule has 106 valence electrons. The predicted molar refractivity (Wildman–Crippen MR) is 77.2 cm³/mol. The number of rotatable bonds is 8. The number of thioether (sulfide) groups is 1. The van der Waals surface area contributed by atoms with Gasteiger partial charge in [0.1, 0.15) is 0 Å². The van der Waals surface area contributed by atoms with Gasteiger partial charge in [0.15, 0.2) is 0 Å². The highest BCUT2D eigenvalue weighted by Crippen LogP contribution is 2.43. The Balaban J connectivity index is 1.48. The van der Waals surface area contributed by atoms with Gasteiger partial charge < -0.3 is 15.2 Å². The molecule has 0 aromatic rings. The van der Waals surface area contributed by atoms with Gasteiger partial charge in [0.05, 0.1) is 11.7 Å². The molecule has 1 saturated heterocycles. The molecule has 0 amide bonds. The lowest BCUT2D eigenvalue weighted by Gasteiger charge is -2.23. The van der Waals surface area contributed by atoms with Crippen LogP contribution in [-0.2, 0) is 4.74 Å². The summed E-state index contributed by atoms with van der Waals surface area (Å²) in [5.74, 6) is 2.21. The molecule has 0 bridgehead atoms. The van der Waals surface area contributed by atoms with Gasteiger partial charge in [-0.05, 0) is 37.9 Å². The molecule has 2 N–H and O–H groups in total. The first-order valence-corrected chi connectivity index (χ1v) is 8.57. The topological polar surface area (TPSA) is 41.5 Å². The summed E-state index contributed by atoms with van der Waals surface area (Å²) in [6, 6.07) is 0. The van der Waals surface area contributed by atoms with Crippen molar-refractivity contribution in [3.8, 4) is 0 Å². The summed E-state index contributed by atoms with van der Waals surface area (Å²) < 4.78 is 6.25. The van der Waals surface area contributed by atoms with Gasteiger partial charge in [-0.25, -0.2) is 0 Å². The molecule has 18 heavy (non-hydrogen) atoms. The van der Waals surface area contributed by atoms with Crippen LogP contribution >= 0.6 is 11.8 Å². The largest absolute Gasteiger partial charge is 0.396 e. The first-order valence-electron chi connectivity index (χ1n) is 7.42. The van der Waals surface area contributed by atoms with E-state index in [0.29, 0.717) is 12.7 Å². The molecule has 0 radical (unpaired) electrons. The third-order valence-corrected chi connectivity index (χ3v) is 5.17. The molecule has 2 aliphatic rings. The van der Waals surface area contributed by atoms with Crippen molar-refractivity contribution in [3.63, 3.8) is 0 Å². The quantitative estimate of drug-likeness (QED) is 0.665. The Morgan fingerprint density at radius 1 is 1.22 bits per heavy atom. The van der Waals surface area contributed by atoms with Gasteiger partial charge in [0, 0.05) is 25.4 Å². The van der Waals surface area contributed by atoms with Crippen molar-refractivity contribution in [1.82, 2.24) is 5.32 Å². The Kier molecular flexibility index (Phi) is 6.29. The monoisotopic (exact) mass is 273 g/mol. The maximum atomic E-state index is 8.67. The molecule has 1 aliphatic carbocycles. The molecule has 1 heterocycles. The van der Waals surface area contributed by atoms with Gasteiger partial charge in [0.25, 0.3) is 0 Å². The van der Waals surface area contributed by atoms with Crippen LogP contribution in [0.15, 0.2) is 0 Å². The summed E-state index contributed by atoms with van der Waals surface area (Å²) in [5, 5.41) is 12.2. The number of nitrogens with one attached hydrogen (secondary N) is 1. The minimum atomic E-state index is 0.280. The molecular weight excluding hydrogens is 246 g/mol. The molecule has 2 fully saturated rings. The van der Waals surface area contributed by atoms with E-state index in [-0.39, 0.29) is 5.60 Å². The summed E-state index contributed by atoms with van der Waals surface area (Å²) in [7, 11) is 0. The highest BCUT2D eigenvalue weighted by atomic mass is 32.2. The lowest BCUT2D eigenvalue weighted by atomic mass is 9.98. The van der Waals surface area contributed by atoms with Crippen LogP contribution in [0.5, 0.6) is 0 Å². The molecule has 1 saturated carbocycles. The van der Waals surface area contributed by atoms with Gasteiger partial charge in [-0.15, -0.1) is 0 Å². The molecule has 1 unspecified atom stereocenters. The number of hydrogen-bond donors (Lipinski definition) is 2. The smallest absolute Gasteiger partial charge is 0.0708 e. The van der Waals surface area contributed by atoms with Crippen molar-refractivity contribution >= 4 is 11.8 Å². The first kappa shape index (κ1) is 14.6. The maximum Gasteiger partial charge on any atom is 0.0708 e. The second-order valence-corrected chi connectivity index (χ2v) is 6.79. The van der Waals surface area contributed by atoms with E-state index in [4.69, 9.17) is 9.84 Å². The van der Waals surface area contributed by atoms with Gasteiger partial charge in [-0.1, -0.05) is 12.8 Å². The molecular formula is C14H27NO2S. The minimum absolute atomic E-state index is 0.280. The van der Waals surface area contributed by atoms with Crippen LogP contribution in [0.4, 0.5) is 0 Å². The highest BCUT2D eigenvalue weighted by Gasteiger charge is 2.41. The number of aliphatic hydroxyl groups is 1. The van der Waals surface area contributed by atoms with E-state index >= 15 is 0 Å². The molecule has 1 aliphatic heterocycles. The Morgan fingerprint density at radius 2 is 2.06 bits per heavy atom. The van der Waals surface area contributed by atoms with Crippen LogP contribution in [0.25, 0.3) is 0 Å². The van der Waals surface area contributed by atoms with E-state index in [1.165, 1.54) is 38.5 Å². The molecule has 0 aromatic carbocycles. The van der Waals surface area contributed by atoms with E-state index in [2.05, 4.69) is 5.32 Å². The molecule has 1 spiro atoms. The fraction of sp³-hybridized carbons (Fsp3) is 1.00. The van der Waals surface area contributed by atoms with E-state index in [1.807, 2.05) is 11.8 Å². The van der Waals surface area contributed by atoms with Crippen LogP contribution < -0.4 is 5.32 Å². The standard InChI is InChI=1S/C14H27NO2S/c16-9-3-10-18-11-8-15-12-13-4-7-14(17-13)5-1-2-6-14/h13,15-16H,1-12H2. The van der Waals surface area contributed by atoms with Gasteiger partial charge >= 0.3 is 0 Å². The normalized spacial score (nSPS) is 26.2. The number of ether oxygens (including phenoxy) is 1. The third kappa shape index (κ3) is 4.41. The average Bonchev–Trinajstić information content (AvgIpc) is 3.00. The van der Waals surface area contributed by atoms with Crippen LogP contribution in [0.1, 0.15) is 44.9 Å². The van der Waals surface area contributed by atoms with Gasteiger partial charge in [-0.3, -0.25) is 0 Å². The Morgan fingerprint density at radius 3 is 2.83 bits per heavy atom. The zero-order valence-corrected chi connectivity index (χ0v) is 12.1. The summed E-state index contributed by atoms with van der Waals surface area (Å²) in [6.07, 6.45) is 9.20. The summed E-state index contributed by atoms with van der Waals surface area (Å²) >= 11 is 1.92. The molecule has 2 rings (SSSR count). The van der Waals surface area contributed by atoms with E-state index in [1.54, 1.807) is 0 Å². The Labute approximate surface area is 115 Å². The van der Waals surface area contributed by atoms with Crippen molar-refractivity contribution in [2.45, 2.75) is 56.7 Å². The summed E-state index contributed by atoms with van der Waals surface area (Å²) in [6.45, 7) is 2.39. The minimum Gasteiger partial charge on any atom is -0.396 e. The van der Waals surface area contributed by atoms with E-state index in [0.717, 1.165) is 31.0 Å². The lowest BCUT2D eigenvalue weighted by Crippen LogP contribution is -2.32. The van der Waals surface area contributed by atoms with Crippen molar-refractivity contribution in [3.05, 3.63) is 0 Å². The van der Waals surface area contributed by atoms with Crippen molar-refractivity contribution in [2.24, 2.45) is 0 Å². The fourth-order valence-corrected chi connectivity index (χ4v) is 3.93. The van der Waals surface area contributed by atoms with E-state index in [9.17, 15) is 0 Å². The SMILES string of the molecule is OCCCSCCNCC1CCC2(CCCC2)O1. The van der Waals surface area contributed by atoms with Gasteiger partial charge in [0.2, 0.25) is 0 Å². The lowest BCUT2D eigenvalue weighted by molar-refractivity contribution is -0.0348. The van der Waals surface area contributed by atoms with Crippen molar-refractivity contribution < 1.29 is 9.84 Å². The number of aliphatic hydroxyl groups excluding tert-OH is 1. The summed E-state index contributed by atoms with van der Waals surface area (Å²) in [5.41, 5.74) is 0.280. The van der Waals surface area contributed by atoms with Gasteiger partial charge in [-0.2, -0.15) is 11.8 Å². The fourth-order valence-electron chi connectivity index (χ4n) is 3.10.